The highest BCUT2D eigenvalue weighted by Gasteiger charge is 2.10. The number of fused-ring (bicyclic) bond motifs is 1. The molecule has 0 spiro atoms. The Bertz CT molecular complexity index is 569. The fourth-order valence-electron chi connectivity index (χ4n) is 1.89. The number of aryl methyl sites for hydroxylation is 1. The molecule has 0 aliphatic carbocycles. The van der Waals surface area contributed by atoms with Crippen LogP contribution in [0.1, 0.15) is 18.9 Å². The first kappa shape index (κ1) is 13.1. The number of nitrogens with zero attached hydrogens (tertiary/aromatic N) is 1. The third-order valence-corrected chi connectivity index (χ3v) is 3.54. The Kier molecular flexibility index (Phi) is 4.07. The normalized spacial score (nSPS) is 10.7. The second-order valence-corrected chi connectivity index (χ2v) is 5.08. The molecule has 0 radical (unpaired) electrons. The van der Waals surface area contributed by atoms with Crippen molar-refractivity contribution < 1.29 is 4.74 Å². The molecule has 1 aromatic heterocycles. The summed E-state index contributed by atoms with van der Waals surface area (Å²) in [7, 11) is 1.67. The van der Waals surface area contributed by atoms with Gasteiger partial charge in [0.25, 0.3) is 0 Å². The molecule has 18 heavy (non-hydrogen) atoms. The minimum Gasteiger partial charge on any atom is -0.494 e. The molecule has 1 N–H and O–H groups in total. The number of aromatic nitrogens is 1. The van der Waals surface area contributed by atoms with Crippen molar-refractivity contribution in [1.29, 1.82) is 0 Å². The van der Waals surface area contributed by atoms with E-state index in [1.165, 1.54) is 0 Å². The van der Waals surface area contributed by atoms with Gasteiger partial charge in [0.15, 0.2) is 0 Å². The van der Waals surface area contributed by atoms with Gasteiger partial charge in [0, 0.05) is 16.4 Å². The topological polar surface area (TPSA) is 34.2 Å². The predicted molar refractivity (Wildman–Crippen MR) is 79.5 cm³/mol. The first-order valence-electron chi connectivity index (χ1n) is 6.05. The van der Waals surface area contributed by atoms with E-state index in [0.717, 1.165) is 45.5 Å². The van der Waals surface area contributed by atoms with Gasteiger partial charge >= 0.3 is 0 Å². The summed E-state index contributed by atoms with van der Waals surface area (Å²) in [5, 5.41) is 4.42. The van der Waals surface area contributed by atoms with Crippen LogP contribution in [-0.2, 0) is 0 Å². The molecule has 96 valence electrons. The summed E-state index contributed by atoms with van der Waals surface area (Å²) in [6.45, 7) is 5.13. The van der Waals surface area contributed by atoms with Crippen molar-refractivity contribution in [3.63, 3.8) is 0 Å². The van der Waals surface area contributed by atoms with Crippen LogP contribution in [0.25, 0.3) is 10.9 Å². The van der Waals surface area contributed by atoms with Crippen molar-refractivity contribution >= 4 is 32.7 Å². The molecule has 0 fully saturated rings. The van der Waals surface area contributed by atoms with E-state index in [1.807, 2.05) is 12.1 Å². The highest BCUT2D eigenvalue weighted by atomic mass is 79.9. The maximum atomic E-state index is 5.37. The van der Waals surface area contributed by atoms with Crippen LogP contribution in [0.4, 0.5) is 5.82 Å². The second kappa shape index (κ2) is 5.57. The van der Waals surface area contributed by atoms with Gasteiger partial charge < -0.3 is 10.1 Å². The lowest BCUT2D eigenvalue weighted by Crippen LogP contribution is -2.04. The van der Waals surface area contributed by atoms with Gasteiger partial charge in [-0.15, -0.1) is 0 Å². The summed E-state index contributed by atoms with van der Waals surface area (Å²) in [4.78, 5) is 4.68. The van der Waals surface area contributed by atoms with Gasteiger partial charge in [-0.25, -0.2) is 4.98 Å². The Labute approximate surface area is 116 Å². The van der Waals surface area contributed by atoms with Crippen LogP contribution in [0.2, 0.25) is 0 Å². The smallest absolute Gasteiger partial charge is 0.145 e. The number of benzene rings is 1. The molecule has 1 aromatic carbocycles. The molecule has 0 bridgehead atoms. The third-order valence-electron chi connectivity index (χ3n) is 2.85. The Morgan fingerprint density at radius 2 is 2.17 bits per heavy atom. The Morgan fingerprint density at radius 1 is 1.39 bits per heavy atom. The van der Waals surface area contributed by atoms with Gasteiger partial charge in [-0.3, -0.25) is 0 Å². The zero-order chi connectivity index (χ0) is 13.1. The lowest BCUT2D eigenvalue weighted by Gasteiger charge is -2.12. The molecule has 0 saturated heterocycles. The van der Waals surface area contributed by atoms with Crippen LogP contribution in [0.15, 0.2) is 22.7 Å². The fraction of sp³-hybridized carbons (Fsp3) is 0.357. The molecule has 0 aliphatic rings. The predicted octanol–water partition coefficient (Wildman–Crippen LogP) is 4.14. The van der Waals surface area contributed by atoms with E-state index in [2.05, 4.69) is 46.1 Å². The van der Waals surface area contributed by atoms with Crippen molar-refractivity contribution in [2.45, 2.75) is 20.3 Å². The van der Waals surface area contributed by atoms with Gasteiger partial charge in [-0.05, 0) is 37.1 Å². The fourth-order valence-corrected chi connectivity index (χ4v) is 2.32. The summed E-state index contributed by atoms with van der Waals surface area (Å²) < 4.78 is 6.41. The first-order valence-corrected chi connectivity index (χ1v) is 6.84. The molecule has 2 rings (SSSR count). The number of pyridine rings is 1. The van der Waals surface area contributed by atoms with Gasteiger partial charge in [-0.1, -0.05) is 22.9 Å². The molecule has 1 heterocycles. The molecule has 0 atom stereocenters. The quantitative estimate of drug-likeness (QED) is 0.922. The summed E-state index contributed by atoms with van der Waals surface area (Å²) in [6.07, 6.45) is 1.08. The van der Waals surface area contributed by atoms with Crippen molar-refractivity contribution in [2.75, 3.05) is 19.0 Å². The molecule has 0 saturated carbocycles. The average Bonchev–Trinajstić information content (AvgIpc) is 2.38. The van der Waals surface area contributed by atoms with Crippen LogP contribution in [0, 0.1) is 6.92 Å². The number of nitrogens with one attached hydrogen (secondary N) is 1. The van der Waals surface area contributed by atoms with E-state index >= 15 is 0 Å². The molecule has 4 heteroatoms. The summed E-state index contributed by atoms with van der Waals surface area (Å²) in [5.41, 5.74) is 2.03. The highest BCUT2D eigenvalue weighted by molar-refractivity contribution is 9.10. The zero-order valence-electron chi connectivity index (χ0n) is 10.9. The molecule has 0 unspecified atom stereocenters. The van der Waals surface area contributed by atoms with E-state index < -0.39 is 0 Å². The number of hydrogen-bond donors (Lipinski definition) is 1. The van der Waals surface area contributed by atoms with Gasteiger partial charge in [0.05, 0.1) is 7.11 Å². The third kappa shape index (κ3) is 2.43. The number of ether oxygens (including phenoxy) is 1. The molecule has 2 aromatic rings. The first-order chi connectivity index (χ1) is 8.67. The second-order valence-electron chi connectivity index (χ2n) is 4.23. The lowest BCUT2D eigenvalue weighted by molar-refractivity contribution is 0.419. The number of halogens is 1. The Balaban J connectivity index is 2.60. The van der Waals surface area contributed by atoms with Crippen LogP contribution >= 0.6 is 15.9 Å². The van der Waals surface area contributed by atoms with E-state index in [0.29, 0.717) is 0 Å². The minimum atomic E-state index is 0.799. The van der Waals surface area contributed by atoms with E-state index in [1.54, 1.807) is 7.11 Å². The van der Waals surface area contributed by atoms with E-state index in [4.69, 9.17) is 4.74 Å². The van der Waals surface area contributed by atoms with Crippen molar-refractivity contribution in [3.05, 3.63) is 28.2 Å². The maximum Gasteiger partial charge on any atom is 0.145 e. The maximum absolute atomic E-state index is 5.37. The van der Waals surface area contributed by atoms with Gasteiger partial charge in [0.2, 0.25) is 0 Å². The largest absolute Gasteiger partial charge is 0.494 e. The summed E-state index contributed by atoms with van der Waals surface area (Å²) in [6, 6.07) is 6.05. The van der Waals surface area contributed by atoms with E-state index in [-0.39, 0.29) is 0 Å². The van der Waals surface area contributed by atoms with Crippen LogP contribution < -0.4 is 10.1 Å². The highest BCUT2D eigenvalue weighted by Crippen LogP contribution is 2.32. The van der Waals surface area contributed by atoms with Crippen LogP contribution in [-0.4, -0.2) is 18.6 Å². The number of hydrogen-bond acceptors (Lipinski definition) is 3. The monoisotopic (exact) mass is 308 g/mol. The average molecular weight is 309 g/mol. The Hall–Kier alpha value is -1.29. The van der Waals surface area contributed by atoms with Crippen molar-refractivity contribution in [2.24, 2.45) is 0 Å². The Morgan fingerprint density at radius 3 is 2.83 bits per heavy atom. The number of methoxy groups -OCH3 is 1. The summed E-state index contributed by atoms with van der Waals surface area (Å²) in [5.74, 6) is 1.73. The van der Waals surface area contributed by atoms with E-state index in [9.17, 15) is 0 Å². The molecule has 0 amide bonds. The molecule has 3 nitrogen and oxygen atoms in total. The lowest BCUT2D eigenvalue weighted by atomic mass is 10.1. The number of anilines is 1. The van der Waals surface area contributed by atoms with Crippen molar-refractivity contribution in [1.82, 2.24) is 4.98 Å². The van der Waals surface area contributed by atoms with Crippen LogP contribution in [0.3, 0.4) is 0 Å². The van der Waals surface area contributed by atoms with Gasteiger partial charge in [-0.2, -0.15) is 0 Å². The SMILES string of the molecule is CCCNc1nc2c(OC)ccc(Br)c2cc1C. The molecular weight excluding hydrogens is 292 g/mol. The minimum absolute atomic E-state index is 0.799. The van der Waals surface area contributed by atoms with Crippen molar-refractivity contribution in [3.8, 4) is 5.75 Å². The molecule has 0 aliphatic heterocycles. The standard InChI is InChI=1S/C14H17BrN2O/c1-4-7-16-14-9(2)8-10-11(15)5-6-12(18-3)13(10)17-14/h5-6,8H,4,7H2,1-3H3,(H,16,17). The van der Waals surface area contributed by atoms with Crippen LogP contribution in [0.5, 0.6) is 5.75 Å². The van der Waals surface area contributed by atoms with Gasteiger partial charge in [0.1, 0.15) is 17.1 Å². The number of rotatable bonds is 4. The molecular formula is C14H17BrN2O. The summed E-state index contributed by atoms with van der Waals surface area (Å²) >= 11 is 3.56. The zero-order valence-corrected chi connectivity index (χ0v) is 12.5.